The lowest BCUT2D eigenvalue weighted by atomic mass is 10.2. The highest BCUT2D eigenvalue weighted by atomic mass is 32.2. The summed E-state index contributed by atoms with van der Waals surface area (Å²) in [6.07, 6.45) is 3.77. The Morgan fingerprint density at radius 3 is 2.67 bits per heavy atom. The summed E-state index contributed by atoms with van der Waals surface area (Å²) in [5.41, 5.74) is 2.49. The van der Waals surface area contributed by atoms with E-state index in [0.717, 1.165) is 37.7 Å². The summed E-state index contributed by atoms with van der Waals surface area (Å²) in [5, 5.41) is 4.24. The van der Waals surface area contributed by atoms with E-state index in [-0.39, 0.29) is 0 Å². The van der Waals surface area contributed by atoms with E-state index in [1.807, 2.05) is 28.7 Å². The van der Waals surface area contributed by atoms with E-state index in [9.17, 15) is 0 Å². The SMILES string of the molecule is c1cnn(-c2ccc(CSCCN3CCOCC3)cc2)c1. The first kappa shape index (κ1) is 14.6. The Labute approximate surface area is 130 Å². The molecule has 0 radical (unpaired) electrons. The fourth-order valence-corrected chi connectivity index (χ4v) is 3.33. The normalized spacial score (nSPS) is 16.2. The Kier molecular flexibility index (Phi) is 5.32. The molecule has 1 fully saturated rings. The van der Waals surface area contributed by atoms with Crippen LogP contribution < -0.4 is 0 Å². The van der Waals surface area contributed by atoms with E-state index in [4.69, 9.17) is 4.74 Å². The Balaban J connectivity index is 1.41. The molecule has 0 spiro atoms. The molecule has 0 atom stereocenters. The highest BCUT2D eigenvalue weighted by Gasteiger charge is 2.09. The lowest BCUT2D eigenvalue weighted by Crippen LogP contribution is -2.37. The lowest BCUT2D eigenvalue weighted by Gasteiger charge is -2.26. The van der Waals surface area contributed by atoms with Gasteiger partial charge in [-0.1, -0.05) is 12.1 Å². The fourth-order valence-electron chi connectivity index (χ4n) is 2.37. The van der Waals surface area contributed by atoms with Crippen LogP contribution in [0.4, 0.5) is 0 Å². The van der Waals surface area contributed by atoms with Crippen LogP contribution >= 0.6 is 11.8 Å². The van der Waals surface area contributed by atoms with Gasteiger partial charge in [0.25, 0.3) is 0 Å². The molecule has 0 N–H and O–H groups in total. The van der Waals surface area contributed by atoms with Gasteiger partial charge in [-0.2, -0.15) is 16.9 Å². The minimum Gasteiger partial charge on any atom is -0.379 e. The van der Waals surface area contributed by atoms with Crippen LogP contribution in [0.25, 0.3) is 5.69 Å². The van der Waals surface area contributed by atoms with Crippen LogP contribution in [-0.4, -0.2) is 53.3 Å². The molecule has 1 saturated heterocycles. The fraction of sp³-hybridized carbons (Fsp3) is 0.438. The first-order valence-corrected chi connectivity index (χ1v) is 8.54. The number of ether oxygens (including phenoxy) is 1. The zero-order chi connectivity index (χ0) is 14.3. The lowest BCUT2D eigenvalue weighted by molar-refractivity contribution is 0.0410. The summed E-state index contributed by atoms with van der Waals surface area (Å²) in [4.78, 5) is 2.48. The van der Waals surface area contributed by atoms with E-state index >= 15 is 0 Å². The van der Waals surface area contributed by atoms with Crippen LogP contribution in [-0.2, 0) is 10.5 Å². The summed E-state index contributed by atoms with van der Waals surface area (Å²) in [5.74, 6) is 2.25. The second kappa shape index (κ2) is 7.64. The largest absolute Gasteiger partial charge is 0.379 e. The Hall–Kier alpha value is -1.30. The first-order chi connectivity index (χ1) is 10.4. The molecule has 0 aliphatic carbocycles. The minimum atomic E-state index is 0.888. The van der Waals surface area contributed by atoms with Gasteiger partial charge >= 0.3 is 0 Å². The molecular formula is C16H21N3OS. The summed E-state index contributed by atoms with van der Waals surface area (Å²) in [6.45, 7) is 5.11. The van der Waals surface area contributed by atoms with Gasteiger partial charge in [-0.15, -0.1) is 0 Å². The van der Waals surface area contributed by atoms with Gasteiger partial charge in [0.15, 0.2) is 0 Å². The predicted octanol–water partition coefficient (Wildman–Crippen LogP) is 2.44. The van der Waals surface area contributed by atoms with Gasteiger partial charge in [0.2, 0.25) is 0 Å². The maximum atomic E-state index is 5.36. The van der Waals surface area contributed by atoms with Crippen LogP contribution in [0.15, 0.2) is 42.7 Å². The molecule has 1 aromatic heterocycles. The highest BCUT2D eigenvalue weighted by Crippen LogP contribution is 2.15. The highest BCUT2D eigenvalue weighted by molar-refractivity contribution is 7.98. The smallest absolute Gasteiger partial charge is 0.0645 e. The van der Waals surface area contributed by atoms with Gasteiger partial charge in [-0.3, -0.25) is 4.90 Å². The Bertz CT molecular complexity index is 521. The van der Waals surface area contributed by atoms with E-state index < -0.39 is 0 Å². The number of rotatable bonds is 6. The molecule has 0 saturated carbocycles. The predicted molar refractivity (Wildman–Crippen MR) is 87.0 cm³/mol. The van der Waals surface area contributed by atoms with Gasteiger partial charge in [-0.05, 0) is 23.8 Å². The van der Waals surface area contributed by atoms with Crippen molar-refractivity contribution in [3.63, 3.8) is 0 Å². The standard InChI is InChI=1S/C16H21N3OS/c1-6-17-19(7-1)16-4-2-15(3-5-16)14-21-13-10-18-8-11-20-12-9-18/h1-7H,8-14H2. The van der Waals surface area contributed by atoms with Crippen molar-refractivity contribution in [1.29, 1.82) is 0 Å². The molecule has 0 bridgehead atoms. The molecular weight excluding hydrogens is 282 g/mol. The number of hydrogen-bond donors (Lipinski definition) is 0. The van der Waals surface area contributed by atoms with Crippen molar-refractivity contribution in [3.8, 4) is 5.69 Å². The van der Waals surface area contributed by atoms with Crippen LogP contribution in [0.3, 0.4) is 0 Å². The molecule has 112 valence electrons. The van der Waals surface area contributed by atoms with Crippen molar-refractivity contribution in [2.24, 2.45) is 0 Å². The second-order valence-electron chi connectivity index (χ2n) is 5.12. The monoisotopic (exact) mass is 303 g/mol. The maximum Gasteiger partial charge on any atom is 0.0645 e. The summed E-state index contributed by atoms with van der Waals surface area (Å²) >= 11 is 2.00. The number of nitrogens with zero attached hydrogens (tertiary/aromatic N) is 3. The topological polar surface area (TPSA) is 30.3 Å². The van der Waals surface area contributed by atoms with E-state index in [2.05, 4.69) is 34.3 Å². The van der Waals surface area contributed by atoms with E-state index in [1.54, 1.807) is 6.20 Å². The summed E-state index contributed by atoms with van der Waals surface area (Å²) < 4.78 is 7.25. The molecule has 0 unspecified atom stereocenters. The van der Waals surface area contributed by atoms with Crippen molar-refractivity contribution < 1.29 is 4.74 Å². The van der Waals surface area contributed by atoms with Crippen LogP contribution in [0.2, 0.25) is 0 Å². The molecule has 5 heteroatoms. The number of thioether (sulfide) groups is 1. The third kappa shape index (κ3) is 4.33. The molecule has 1 aliphatic rings. The van der Waals surface area contributed by atoms with Crippen LogP contribution in [0, 0.1) is 0 Å². The van der Waals surface area contributed by atoms with Crippen molar-refractivity contribution in [2.45, 2.75) is 5.75 Å². The average molecular weight is 303 g/mol. The molecule has 1 aromatic carbocycles. The van der Waals surface area contributed by atoms with Crippen molar-refractivity contribution in [3.05, 3.63) is 48.3 Å². The van der Waals surface area contributed by atoms with E-state index in [1.165, 1.54) is 17.9 Å². The molecule has 2 heterocycles. The molecule has 0 amide bonds. The van der Waals surface area contributed by atoms with Gasteiger partial charge in [-0.25, -0.2) is 4.68 Å². The summed E-state index contributed by atoms with van der Waals surface area (Å²) in [7, 11) is 0. The van der Waals surface area contributed by atoms with Gasteiger partial charge < -0.3 is 4.74 Å². The molecule has 4 nitrogen and oxygen atoms in total. The quantitative estimate of drug-likeness (QED) is 0.767. The van der Waals surface area contributed by atoms with Crippen molar-refractivity contribution in [1.82, 2.24) is 14.7 Å². The van der Waals surface area contributed by atoms with Crippen molar-refractivity contribution >= 4 is 11.8 Å². The molecule has 21 heavy (non-hydrogen) atoms. The van der Waals surface area contributed by atoms with E-state index in [0.29, 0.717) is 0 Å². The average Bonchev–Trinajstić information content (AvgIpc) is 3.08. The zero-order valence-corrected chi connectivity index (χ0v) is 13.0. The third-order valence-corrected chi connectivity index (χ3v) is 4.64. The Morgan fingerprint density at radius 1 is 1.14 bits per heavy atom. The van der Waals surface area contributed by atoms with Gasteiger partial charge in [0.1, 0.15) is 0 Å². The number of aromatic nitrogens is 2. The van der Waals surface area contributed by atoms with Crippen molar-refractivity contribution in [2.75, 3.05) is 38.6 Å². The second-order valence-corrected chi connectivity index (χ2v) is 6.23. The summed E-state index contributed by atoms with van der Waals surface area (Å²) in [6, 6.07) is 10.6. The third-order valence-electron chi connectivity index (χ3n) is 3.63. The molecule has 1 aliphatic heterocycles. The Morgan fingerprint density at radius 2 is 1.95 bits per heavy atom. The van der Waals surface area contributed by atoms with Gasteiger partial charge in [0, 0.05) is 43.5 Å². The number of hydrogen-bond acceptors (Lipinski definition) is 4. The maximum absolute atomic E-state index is 5.36. The van der Waals surface area contributed by atoms with Crippen LogP contribution in [0.1, 0.15) is 5.56 Å². The molecule has 2 aromatic rings. The minimum absolute atomic E-state index is 0.888. The zero-order valence-electron chi connectivity index (χ0n) is 12.1. The van der Waals surface area contributed by atoms with Gasteiger partial charge in [0.05, 0.1) is 18.9 Å². The number of benzene rings is 1. The first-order valence-electron chi connectivity index (χ1n) is 7.38. The van der Waals surface area contributed by atoms with Crippen LogP contribution in [0.5, 0.6) is 0 Å². The molecule has 3 rings (SSSR count). The number of morpholine rings is 1.